The van der Waals surface area contributed by atoms with Gasteiger partial charge in [0.1, 0.15) is 0 Å². The van der Waals surface area contributed by atoms with Gasteiger partial charge >= 0.3 is 5.97 Å². The molecule has 0 saturated heterocycles. The molecule has 132 valence electrons. The molecule has 1 amide bonds. The molecule has 2 aromatic rings. The average molecular weight is 361 g/mol. The highest BCUT2D eigenvalue weighted by molar-refractivity contribution is 6.33. The first-order valence-corrected chi connectivity index (χ1v) is 8.45. The van der Waals surface area contributed by atoms with Crippen LogP contribution in [0.15, 0.2) is 48.5 Å². The second-order valence-electron chi connectivity index (χ2n) is 5.63. The van der Waals surface area contributed by atoms with Crippen molar-refractivity contribution in [3.05, 3.63) is 64.7 Å². The highest BCUT2D eigenvalue weighted by Crippen LogP contribution is 2.20. The van der Waals surface area contributed by atoms with E-state index in [2.05, 4.69) is 5.32 Å². The molecule has 0 bridgehead atoms. The zero-order valence-corrected chi connectivity index (χ0v) is 14.8. The number of rotatable bonds is 7. The Labute approximate surface area is 152 Å². The quantitative estimate of drug-likeness (QED) is 0.582. The minimum absolute atomic E-state index is 0.108. The van der Waals surface area contributed by atoms with Crippen LogP contribution in [-0.4, -0.2) is 18.5 Å². The van der Waals surface area contributed by atoms with Crippen LogP contribution in [0.4, 0.5) is 5.69 Å². The number of ether oxygens (including phenoxy) is 1. The lowest BCUT2D eigenvalue weighted by Gasteiger charge is -2.18. The maximum atomic E-state index is 12.1. The lowest BCUT2D eigenvalue weighted by atomic mass is 10.0. The summed E-state index contributed by atoms with van der Waals surface area (Å²) in [5.41, 5.74) is 7.22. The molecule has 0 aliphatic carbocycles. The number of carbonyl (C=O) groups excluding carboxylic acids is 2. The van der Waals surface area contributed by atoms with Gasteiger partial charge in [-0.05, 0) is 30.2 Å². The molecule has 0 aromatic heterocycles. The van der Waals surface area contributed by atoms with Gasteiger partial charge in [-0.15, -0.1) is 0 Å². The summed E-state index contributed by atoms with van der Waals surface area (Å²) in [6.45, 7) is 1.70. The minimum Gasteiger partial charge on any atom is -0.452 e. The van der Waals surface area contributed by atoms with Crippen LogP contribution in [-0.2, 0) is 9.53 Å². The second-order valence-corrected chi connectivity index (χ2v) is 6.04. The molecule has 0 aliphatic heterocycles. The number of hydrogen-bond donors (Lipinski definition) is 2. The number of anilines is 1. The predicted molar refractivity (Wildman–Crippen MR) is 98.4 cm³/mol. The third-order valence-electron chi connectivity index (χ3n) is 3.68. The first kappa shape index (κ1) is 18.8. The van der Waals surface area contributed by atoms with E-state index in [1.807, 2.05) is 37.3 Å². The number of hydrogen-bond acceptors (Lipinski definition) is 4. The number of nitrogen functional groups attached to an aromatic ring is 1. The van der Waals surface area contributed by atoms with Gasteiger partial charge in [-0.2, -0.15) is 0 Å². The van der Waals surface area contributed by atoms with Gasteiger partial charge < -0.3 is 15.8 Å². The molecule has 3 N–H and O–H groups in total. The highest BCUT2D eigenvalue weighted by atomic mass is 35.5. The zero-order chi connectivity index (χ0) is 18.2. The molecule has 2 rings (SSSR count). The average Bonchev–Trinajstić information content (AvgIpc) is 2.62. The Morgan fingerprint density at radius 1 is 1.20 bits per heavy atom. The summed E-state index contributed by atoms with van der Waals surface area (Å²) in [7, 11) is 0. The molecular weight excluding hydrogens is 340 g/mol. The van der Waals surface area contributed by atoms with Crippen LogP contribution in [0.25, 0.3) is 0 Å². The van der Waals surface area contributed by atoms with Gasteiger partial charge in [0.2, 0.25) is 0 Å². The summed E-state index contributed by atoms with van der Waals surface area (Å²) in [6, 6.07) is 14.0. The highest BCUT2D eigenvalue weighted by Gasteiger charge is 2.16. The molecule has 0 aliphatic rings. The van der Waals surface area contributed by atoms with E-state index in [-0.39, 0.29) is 29.8 Å². The third kappa shape index (κ3) is 5.50. The monoisotopic (exact) mass is 360 g/mol. The largest absolute Gasteiger partial charge is 0.452 e. The van der Waals surface area contributed by atoms with Gasteiger partial charge in [0.15, 0.2) is 6.61 Å². The van der Waals surface area contributed by atoms with E-state index >= 15 is 0 Å². The number of halogens is 1. The van der Waals surface area contributed by atoms with E-state index < -0.39 is 5.97 Å². The molecular formula is C19H21ClN2O3. The molecule has 1 atom stereocenters. The van der Waals surface area contributed by atoms with Crippen LogP contribution in [0, 0.1) is 0 Å². The molecule has 5 nitrogen and oxygen atoms in total. The summed E-state index contributed by atoms with van der Waals surface area (Å²) < 4.78 is 5.05. The fourth-order valence-electron chi connectivity index (χ4n) is 2.42. The van der Waals surface area contributed by atoms with Crippen LogP contribution >= 0.6 is 11.6 Å². The topological polar surface area (TPSA) is 81.4 Å². The molecule has 0 fully saturated rings. The maximum Gasteiger partial charge on any atom is 0.338 e. The first-order chi connectivity index (χ1) is 12.0. The van der Waals surface area contributed by atoms with E-state index in [1.54, 1.807) is 0 Å². The number of carbonyl (C=O) groups is 2. The SMILES string of the molecule is CCC[C@H](NC(=O)COC(=O)c1ccc(Cl)c(N)c1)c1ccccc1. The molecule has 2 aromatic carbocycles. The van der Waals surface area contributed by atoms with Gasteiger partial charge in [0.05, 0.1) is 22.3 Å². The molecule has 0 heterocycles. The van der Waals surface area contributed by atoms with Crippen molar-refractivity contribution in [2.75, 3.05) is 12.3 Å². The van der Waals surface area contributed by atoms with E-state index in [1.165, 1.54) is 18.2 Å². The molecule has 0 spiro atoms. The van der Waals surface area contributed by atoms with Gasteiger partial charge in [0, 0.05) is 0 Å². The van der Waals surface area contributed by atoms with Gasteiger partial charge in [-0.1, -0.05) is 55.3 Å². The van der Waals surface area contributed by atoms with Gasteiger partial charge in [0.25, 0.3) is 5.91 Å². The van der Waals surface area contributed by atoms with E-state index in [0.29, 0.717) is 5.02 Å². The Balaban J connectivity index is 1.92. The standard InChI is InChI=1S/C19H21ClN2O3/c1-2-6-17(13-7-4-3-5-8-13)22-18(23)12-25-19(24)14-9-10-15(20)16(21)11-14/h3-5,7-11,17H,2,6,12,21H2,1H3,(H,22,23)/t17-/m0/s1. The van der Waals surface area contributed by atoms with Crippen molar-refractivity contribution in [2.24, 2.45) is 0 Å². The molecule has 6 heteroatoms. The zero-order valence-electron chi connectivity index (χ0n) is 14.0. The van der Waals surface area contributed by atoms with Crippen molar-refractivity contribution in [3.8, 4) is 0 Å². The van der Waals surface area contributed by atoms with Crippen molar-refractivity contribution in [2.45, 2.75) is 25.8 Å². The fraction of sp³-hybridized carbons (Fsp3) is 0.263. The molecule has 0 unspecified atom stereocenters. The molecule has 25 heavy (non-hydrogen) atoms. The number of benzene rings is 2. The van der Waals surface area contributed by atoms with E-state index in [4.69, 9.17) is 22.1 Å². The molecule has 0 saturated carbocycles. The second kappa shape index (κ2) is 9.08. The number of amides is 1. The van der Waals surface area contributed by atoms with Crippen molar-refractivity contribution in [1.29, 1.82) is 0 Å². The van der Waals surface area contributed by atoms with E-state index in [0.717, 1.165) is 18.4 Å². The van der Waals surface area contributed by atoms with Crippen molar-refractivity contribution >= 4 is 29.2 Å². The van der Waals surface area contributed by atoms with Crippen molar-refractivity contribution in [1.82, 2.24) is 5.32 Å². The lowest BCUT2D eigenvalue weighted by molar-refractivity contribution is -0.125. The Morgan fingerprint density at radius 2 is 1.92 bits per heavy atom. The Morgan fingerprint density at radius 3 is 2.56 bits per heavy atom. The third-order valence-corrected chi connectivity index (χ3v) is 4.02. The van der Waals surface area contributed by atoms with Crippen LogP contribution in [0.2, 0.25) is 5.02 Å². The Hall–Kier alpha value is -2.53. The van der Waals surface area contributed by atoms with Crippen LogP contribution in [0.1, 0.15) is 41.7 Å². The summed E-state index contributed by atoms with van der Waals surface area (Å²) in [5.74, 6) is -0.970. The minimum atomic E-state index is -0.620. The van der Waals surface area contributed by atoms with Crippen molar-refractivity contribution in [3.63, 3.8) is 0 Å². The fourth-order valence-corrected chi connectivity index (χ4v) is 2.53. The predicted octanol–water partition coefficient (Wildman–Crippen LogP) is 3.74. The van der Waals surface area contributed by atoms with E-state index in [9.17, 15) is 9.59 Å². The summed E-state index contributed by atoms with van der Waals surface area (Å²) in [6.07, 6.45) is 1.72. The Kier molecular flexibility index (Phi) is 6.83. The Bertz CT molecular complexity index is 735. The summed E-state index contributed by atoms with van der Waals surface area (Å²) in [4.78, 5) is 24.1. The number of esters is 1. The van der Waals surface area contributed by atoms with Crippen LogP contribution < -0.4 is 11.1 Å². The maximum absolute atomic E-state index is 12.1. The van der Waals surface area contributed by atoms with Crippen LogP contribution in [0.5, 0.6) is 0 Å². The van der Waals surface area contributed by atoms with Gasteiger partial charge in [-0.25, -0.2) is 4.79 Å². The first-order valence-electron chi connectivity index (χ1n) is 8.07. The van der Waals surface area contributed by atoms with Crippen LogP contribution in [0.3, 0.4) is 0 Å². The summed E-state index contributed by atoms with van der Waals surface area (Å²) >= 11 is 5.82. The molecule has 0 radical (unpaired) electrons. The van der Waals surface area contributed by atoms with Crippen molar-refractivity contribution < 1.29 is 14.3 Å². The lowest BCUT2D eigenvalue weighted by Crippen LogP contribution is -2.32. The summed E-state index contributed by atoms with van der Waals surface area (Å²) in [5, 5.41) is 3.26. The number of nitrogens with two attached hydrogens (primary N) is 1. The smallest absolute Gasteiger partial charge is 0.338 e. The normalized spacial score (nSPS) is 11.6. The number of nitrogens with one attached hydrogen (secondary N) is 1. The van der Waals surface area contributed by atoms with Gasteiger partial charge in [-0.3, -0.25) is 4.79 Å².